The standard InChI is InChI=1S/C10H12Cl2N2O4S/c1-7-9(12)5-8(6-10(7)14(15)16)19(17,18)13(2)4-3-11/h5-6H,3-4H2,1-2H3. The number of alkyl halides is 1. The van der Waals surface area contributed by atoms with Gasteiger partial charge in [-0.3, -0.25) is 10.1 Å². The molecule has 0 N–H and O–H groups in total. The summed E-state index contributed by atoms with van der Waals surface area (Å²) < 4.78 is 25.3. The van der Waals surface area contributed by atoms with E-state index in [2.05, 4.69) is 0 Å². The Bertz CT molecular complexity index is 604. The zero-order chi connectivity index (χ0) is 14.8. The molecule has 1 aromatic rings. The molecule has 0 aromatic heterocycles. The predicted octanol–water partition coefficient (Wildman–Crippen LogP) is 2.42. The van der Waals surface area contributed by atoms with Crippen molar-refractivity contribution in [1.82, 2.24) is 4.31 Å². The van der Waals surface area contributed by atoms with Gasteiger partial charge in [-0.1, -0.05) is 11.6 Å². The second kappa shape index (κ2) is 6.04. The SMILES string of the molecule is Cc1c(Cl)cc(S(=O)(=O)N(C)CCCl)cc1[N+](=O)[O-]. The molecule has 0 heterocycles. The molecule has 0 saturated heterocycles. The van der Waals surface area contributed by atoms with Gasteiger partial charge in [0.2, 0.25) is 10.0 Å². The largest absolute Gasteiger partial charge is 0.275 e. The first-order valence-electron chi connectivity index (χ1n) is 5.18. The maximum absolute atomic E-state index is 12.1. The Balaban J connectivity index is 3.40. The number of benzene rings is 1. The topological polar surface area (TPSA) is 80.5 Å². The van der Waals surface area contributed by atoms with Crippen LogP contribution in [0.2, 0.25) is 5.02 Å². The molecular formula is C10H12Cl2N2O4S. The maximum Gasteiger partial charge on any atom is 0.275 e. The van der Waals surface area contributed by atoms with Gasteiger partial charge in [-0.05, 0) is 13.0 Å². The number of sulfonamides is 1. The number of nitrogens with zero attached hydrogens (tertiary/aromatic N) is 2. The molecule has 0 radical (unpaired) electrons. The fourth-order valence-corrected chi connectivity index (χ4v) is 3.25. The number of rotatable bonds is 5. The number of hydrogen-bond donors (Lipinski definition) is 0. The molecule has 0 bridgehead atoms. The molecule has 1 rings (SSSR count). The quantitative estimate of drug-likeness (QED) is 0.472. The first-order valence-corrected chi connectivity index (χ1v) is 7.54. The molecule has 0 aliphatic carbocycles. The smallest absolute Gasteiger partial charge is 0.258 e. The molecule has 9 heteroatoms. The van der Waals surface area contributed by atoms with Crippen LogP contribution in [-0.2, 0) is 10.0 Å². The fourth-order valence-electron chi connectivity index (χ4n) is 1.40. The Labute approximate surface area is 121 Å². The van der Waals surface area contributed by atoms with Crippen molar-refractivity contribution in [3.63, 3.8) is 0 Å². The monoisotopic (exact) mass is 326 g/mol. The van der Waals surface area contributed by atoms with Crippen LogP contribution < -0.4 is 0 Å². The summed E-state index contributed by atoms with van der Waals surface area (Å²) in [6.45, 7) is 1.56. The lowest BCUT2D eigenvalue weighted by Crippen LogP contribution is -2.28. The van der Waals surface area contributed by atoms with Crippen LogP contribution in [0.3, 0.4) is 0 Å². The van der Waals surface area contributed by atoms with Gasteiger partial charge in [0.25, 0.3) is 5.69 Å². The van der Waals surface area contributed by atoms with Crippen molar-refractivity contribution in [1.29, 1.82) is 0 Å². The number of halogens is 2. The van der Waals surface area contributed by atoms with Crippen molar-refractivity contribution in [2.45, 2.75) is 11.8 Å². The molecule has 19 heavy (non-hydrogen) atoms. The Morgan fingerprint density at radius 2 is 2.00 bits per heavy atom. The molecule has 0 aliphatic heterocycles. The number of nitro groups is 1. The van der Waals surface area contributed by atoms with Gasteiger partial charge in [0.1, 0.15) is 0 Å². The highest BCUT2D eigenvalue weighted by Crippen LogP contribution is 2.30. The minimum absolute atomic E-state index is 0.0343. The van der Waals surface area contributed by atoms with E-state index in [0.29, 0.717) is 0 Å². The van der Waals surface area contributed by atoms with E-state index < -0.39 is 14.9 Å². The third-order valence-electron chi connectivity index (χ3n) is 2.59. The number of hydrogen-bond acceptors (Lipinski definition) is 4. The summed E-state index contributed by atoms with van der Waals surface area (Å²) in [6, 6.07) is 2.20. The fraction of sp³-hybridized carbons (Fsp3) is 0.400. The predicted molar refractivity (Wildman–Crippen MR) is 73.4 cm³/mol. The molecule has 0 amide bonds. The Hall–Kier alpha value is -0.890. The molecule has 0 aliphatic rings. The van der Waals surface area contributed by atoms with E-state index in [1.54, 1.807) is 0 Å². The minimum Gasteiger partial charge on any atom is -0.258 e. The Kier molecular flexibility index (Phi) is 5.14. The average Bonchev–Trinajstić information content (AvgIpc) is 2.32. The van der Waals surface area contributed by atoms with Crippen molar-refractivity contribution in [2.24, 2.45) is 0 Å². The van der Waals surface area contributed by atoms with Crippen molar-refractivity contribution < 1.29 is 13.3 Å². The van der Waals surface area contributed by atoms with Crippen LogP contribution >= 0.6 is 23.2 Å². The van der Waals surface area contributed by atoms with E-state index in [1.165, 1.54) is 20.0 Å². The average molecular weight is 327 g/mol. The molecule has 1 aromatic carbocycles. The van der Waals surface area contributed by atoms with Crippen molar-refractivity contribution in [3.8, 4) is 0 Å². The van der Waals surface area contributed by atoms with Crippen LogP contribution in [0.25, 0.3) is 0 Å². The van der Waals surface area contributed by atoms with E-state index in [1.807, 2.05) is 0 Å². The third-order valence-corrected chi connectivity index (χ3v) is 4.99. The molecular weight excluding hydrogens is 315 g/mol. The zero-order valence-electron chi connectivity index (χ0n) is 10.3. The van der Waals surface area contributed by atoms with Crippen molar-refractivity contribution in [2.75, 3.05) is 19.5 Å². The normalized spacial score (nSPS) is 11.8. The summed E-state index contributed by atoms with van der Waals surface area (Å²) in [7, 11) is -2.49. The highest BCUT2D eigenvalue weighted by molar-refractivity contribution is 7.89. The van der Waals surface area contributed by atoms with E-state index in [0.717, 1.165) is 10.4 Å². The van der Waals surface area contributed by atoms with Crippen LogP contribution in [0.5, 0.6) is 0 Å². The zero-order valence-corrected chi connectivity index (χ0v) is 12.6. The van der Waals surface area contributed by atoms with E-state index >= 15 is 0 Å². The molecule has 0 fully saturated rings. The van der Waals surface area contributed by atoms with Crippen LogP contribution in [0, 0.1) is 17.0 Å². The summed E-state index contributed by atoms with van der Waals surface area (Å²) >= 11 is 11.3. The second-order valence-electron chi connectivity index (χ2n) is 3.82. The lowest BCUT2D eigenvalue weighted by Gasteiger charge is -2.16. The van der Waals surface area contributed by atoms with Gasteiger partial charge < -0.3 is 0 Å². The van der Waals surface area contributed by atoms with E-state index in [9.17, 15) is 18.5 Å². The summed E-state index contributed by atoms with van der Waals surface area (Å²) in [5.74, 6) is 0.122. The van der Waals surface area contributed by atoms with Crippen LogP contribution in [0.4, 0.5) is 5.69 Å². The van der Waals surface area contributed by atoms with E-state index in [-0.39, 0.29) is 33.6 Å². The Morgan fingerprint density at radius 1 is 1.42 bits per heavy atom. The molecule has 6 nitrogen and oxygen atoms in total. The van der Waals surface area contributed by atoms with Gasteiger partial charge in [0.15, 0.2) is 0 Å². The highest BCUT2D eigenvalue weighted by atomic mass is 35.5. The van der Waals surface area contributed by atoms with E-state index in [4.69, 9.17) is 23.2 Å². The first kappa shape index (κ1) is 16.2. The molecule has 106 valence electrons. The maximum atomic E-state index is 12.1. The molecule has 0 unspecified atom stereocenters. The van der Waals surface area contributed by atoms with Gasteiger partial charge in [0.05, 0.1) is 14.8 Å². The molecule has 0 spiro atoms. The lowest BCUT2D eigenvalue weighted by molar-refractivity contribution is -0.385. The summed E-state index contributed by atoms with van der Waals surface area (Å²) in [4.78, 5) is 9.98. The van der Waals surface area contributed by atoms with Gasteiger partial charge in [-0.2, -0.15) is 4.31 Å². The molecule has 0 saturated carbocycles. The summed E-state index contributed by atoms with van der Waals surface area (Å²) in [6.07, 6.45) is 0. The van der Waals surface area contributed by atoms with Gasteiger partial charge in [0, 0.05) is 31.1 Å². The second-order valence-corrected chi connectivity index (χ2v) is 6.65. The van der Waals surface area contributed by atoms with Gasteiger partial charge in [-0.25, -0.2) is 8.42 Å². The highest BCUT2D eigenvalue weighted by Gasteiger charge is 2.25. The van der Waals surface area contributed by atoms with Crippen LogP contribution in [-0.4, -0.2) is 37.1 Å². The van der Waals surface area contributed by atoms with Crippen LogP contribution in [0.1, 0.15) is 5.56 Å². The Morgan fingerprint density at radius 3 is 2.47 bits per heavy atom. The first-order chi connectivity index (χ1) is 8.71. The third kappa shape index (κ3) is 3.36. The minimum atomic E-state index is -3.84. The summed E-state index contributed by atoms with van der Waals surface area (Å²) in [5, 5.41) is 10.9. The van der Waals surface area contributed by atoms with Crippen molar-refractivity contribution in [3.05, 3.63) is 32.8 Å². The summed E-state index contributed by atoms with van der Waals surface area (Å²) in [5.41, 5.74) is -0.101. The molecule has 0 atom stereocenters. The lowest BCUT2D eigenvalue weighted by atomic mass is 10.2. The number of nitro benzene ring substituents is 1. The van der Waals surface area contributed by atoms with Gasteiger partial charge in [-0.15, -0.1) is 11.6 Å². The van der Waals surface area contributed by atoms with Crippen molar-refractivity contribution >= 4 is 38.9 Å². The van der Waals surface area contributed by atoms with Crippen LogP contribution in [0.15, 0.2) is 17.0 Å². The van der Waals surface area contributed by atoms with Gasteiger partial charge >= 0.3 is 0 Å².